The molecule has 0 bridgehead atoms. The molecule has 2 atom stereocenters. The van der Waals surface area contributed by atoms with Crippen molar-refractivity contribution < 1.29 is 0 Å². The Morgan fingerprint density at radius 2 is 1.39 bits per heavy atom. The molecule has 0 saturated carbocycles. The fraction of sp³-hybridized carbons (Fsp3) is 1.00. The Bertz CT molecular complexity index is 157. The van der Waals surface area contributed by atoms with Gasteiger partial charge in [0, 0.05) is 11.4 Å². The van der Waals surface area contributed by atoms with Gasteiger partial charge in [-0.15, -0.1) is 24.0 Å². The van der Waals surface area contributed by atoms with E-state index in [1.807, 2.05) is 0 Å². The Morgan fingerprint density at radius 1 is 0.889 bits per heavy atom. The summed E-state index contributed by atoms with van der Waals surface area (Å²) in [4.78, 5) is 2.65. The van der Waals surface area contributed by atoms with Crippen LogP contribution in [0.3, 0.4) is 0 Å². The lowest BCUT2D eigenvalue weighted by Crippen LogP contribution is -2.42. The summed E-state index contributed by atoms with van der Waals surface area (Å²) in [5.41, 5.74) is 0. The first kappa shape index (κ1) is 20.8. The third-order valence-corrected chi connectivity index (χ3v) is 4.06. The molecule has 0 saturated heterocycles. The average molecular weight is 298 g/mol. The van der Waals surface area contributed by atoms with Gasteiger partial charge in [0.25, 0.3) is 0 Å². The number of hydrogen-bond donors (Lipinski definition) is 0. The van der Waals surface area contributed by atoms with Gasteiger partial charge in [0.05, 0.1) is 0 Å². The third-order valence-electron chi connectivity index (χ3n) is 3.46. The van der Waals surface area contributed by atoms with Crippen molar-refractivity contribution in [3.8, 4) is 0 Å². The van der Waals surface area contributed by atoms with E-state index in [2.05, 4.69) is 32.6 Å². The minimum absolute atomic E-state index is 0. The van der Waals surface area contributed by atoms with Crippen LogP contribution in [-0.4, -0.2) is 29.4 Å². The SMILES string of the molecule is CCCCN(CCCC)C(CCC)C(Cl)CC.Cl. The second-order valence-electron chi connectivity index (χ2n) is 5.02. The Labute approximate surface area is 126 Å². The van der Waals surface area contributed by atoms with Crippen molar-refractivity contribution in [3.05, 3.63) is 0 Å². The van der Waals surface area contributed by atoms with Crippen LogP contribution in [0.4, 0.5) is 0 Å². The van der Waals surface area contributed by atoms with Crippen LogP contribution >= 0.6 is 24.0 Å². The highest BCUT2D eigenvalue weighted by molar-refractivity contribution is 6.21. The molecule has 1 nitrogen and oxygen atoms in total. The molecule has 0 aromatic carbocycles. The van der Waals surface area contributed by atoms with Crippen LogP contribution < -0.4 is 0 Å². The Hall–Kier alpha value is 0.540. The number of halogens is 2. The summed E-state index contributed by atoms with van der Waals surface area (Å²) >= 11 is 6.52. The zero-order chi connectivity index (χ0) is 13.1. The van der Waals surface area contributed by atoms with Gasteiger partial charge in [0.1, 0.15) is 0 Å². The van der Waals surface area contributed by atoms with E-state index in [1.165, 1.54) is 51.6 Å². The van der Waals surface area contributed by atoms with Crippen LogP contribution in [0.1, 0.15) is 72.6 Å². The van der Waals surface area contributed by atoms with Crippen LogP contribution in [0.2, 0.25) is 0 Å². The lowest BCUT2D eigenvalue weighted by molar-refractivity contribution is 0.173. The van der Waals surface area contributed by atoms with Crippen molar-refractivity contribution >= 4 is 24.0 Å². The predicted octanol–water partition coefficient (Wildman–Crippen LogP) is 5.50. The summed E-state index contributed by atoms with van der Waals surface area (Å²) in [6.07, 6.45) is 8.73. The standard InChI is InChI=1S/C15H32ClN.ClH/c1-5-9-12-17(13-10-6-2)15(11-7-3)14(16)8-4;/h14-15H,5-13H2,1-4H3;1H. The molecule has 112 valence electrons. The largest absolute Gasteiger partial charge is 0.299 e. The van der Waals surface area contributed by atoms with E-state index < -0.39 is 0 Å². The van der Waals surface area contributed by atoms with E-state index in [1.54, 1.807) is 0 Å². The molecule has 0 aliphatic carbocycles. The van der Waals surface area contributed by atoms with E-state index in [0.29, 0.717) is 11.4 Å². The molecule has 0 aromatic heterocycles. The number of unbranched alkanes of at least 4 members (excludes halogenated alkanes) is 2. The molecular formula is C15H33Cl2N. The van der Waals surface area contributed by atoms with Crippen LogP contribution in [0.5, 0.6) is 0 Å². The molecule has 0 rings (SSSR count). The molecule has 0 radical (unpaired) electrons. The topological polar surface area (TPSA) is 3.24 Å². The minimum Gasteiger partial charge on any atom is -0.299 e. The maximum atomic E-state index is 6.52. The Balaban J connectivity index is 0. The maximum absolute atomic E-state index is 6.52. The minimum atomic E-state index is 0. The van der Waals surface area contributed by atoms with Gasteiger partial charge in [-0.1, -0.05) is 47.0 Å². The van der Waals surface area contributed by atoms with Crippen molar-refractivity contribution in [1.29, 1.82) is 0 Å². The highest BCUT2D eigenvalue weighted by Crippen LogP contribution is 2.20. The van der Waals surface area contributed by atoms with Gasteiger partial charge in [-0.3, -0.25) is 4.90 Å². The Morgan fingerprint density at radius 3 is 1.72 bits per heavy atom. The summed E-state index contributed by atoms with van der Waals surface area (Å²) in [5.74, 6) is 0. The molecular weight excluding hydrogens is 265 g/mol. The molecule has 0 aliphatic heterocycles. The quantitative estimate of drug-likeness (QED) is 0.455. The molecule has 0 N–H and O–H groups in total. The van der Waals surface area contributed by atoms with Crippen LogP contribution in [0, 0.1) is 0 Å². The smallest absolute Gasteiger partial charge is 0.0488 e. The van der Waals surface area contributed by atoms with Gasteiger partial charge >= 0.3 is 0 Å². The molecule has 0 aliphatic rings. The number of hydrogen-bond acceptors (Lipinski definition) is 1. The summed E-state index contributed by atoms with van der Waals surface area (Å²) in [6.45, 7) is 11.5. The zero-order valence-corrected chi connectivity index (χ0v) is 14.3. The number of nitrogens with zero attached hydrogens (tertiary/aromatic N) is 1. The Kier molecular flexibility index (Phi) is 16.2. The van der Waals surface area contributed by atoms with Crippen molar-refractivity contribution in [2.45, 2.75) is 84.1 Å². The lowest BCUT2D eigenvalue weighted by Gasteiger charge is -2.34. The third kappa shape index (κ3) is 8.61. The molecule has 18 heavy (non-hydrogen) atoms. The summed E-state index contributed by atoms with van der Waals surface area (Å²) in [6, 6.07) is 0.588. The van der Waals surface area contributed by atoms with Crippen molar-refractivity contribution in [2.75, 3.05) is 13.1 Å². The highest BCUT2D eigenvalue weighted by Gasteiger charge is 2.23. The second kappa shape index (κ2) is 14.0. The van der Waals surface area contributed by atoms with Gasteiger partial charge in [-0.05, 0) is 38.8 Å². The molecule has 0 heterocycles. The molecule has 0 spiro atoms. The first-order chi connectivity index (χ1) is 8.21. The normalized spacial score (nSPS) is 14.3. The summed E-state index contributed by atoms with van der Waals surface area (Å²) in [5, 5.41) is 0.323. The predicted molar refractivity (Wildman–Crippen MR) is 87.3 cm³/mol. The monoisotopic (exact) mass is 297 g/mol. The van der Waals surface area contributed by atoms with Crippen LogP contribution in [0.15, 0.2) is 0 Å². The summed E-state index contributed by atoms with van der Waals surface area (Å²) < 4.78 is 0. The first-order valence-electron chi connectivity index (χ1n) is 7.59. The molecule has 0 fully saturated rings. The second-order valence-corrected chi connectivity index (χ2v) is 5.58. The highest BCUT2D eigenvalue weighted by atomic mass is 35.5. The maximum Gasteiger partial charge on any atom is 0.0488 e. The van der Waals surface area contributed by atoms with Crippen molar-refractivity contribution in [3.63, 3.8) is 0 Å². The van der Waals surface area contributed by atoms with E-state index in [0.717, 1.165) is 6.42 Å². The van der Waals surface area contributed by atoms with E-state index in [9.17, 15) is 0 Å². The van der Waals surface area contributed by atoms with Gasteiger partial charge in [0.2, 0.25) is 0 Å². The van der Waals surface area contributed by atoms with Gasteiger partial charge in [-0.25, -0.2) is 0 Å². The van der Waals surface area contributed by atoms with Crippen molar-refractivity contribution in [1.82, 2.24) is 4.90 Å². The molecule has 0 amide bonds. The first-order valence-corrected chi connectivity index (χ1v) is 8.02. The summed E-state index contributed by atoms with van der Waals surface area (Å²) in [7, 11) is 0. The van der Waals surface area contributed by atoms with Gasteiger partial charge in [0.15, 0.2) is 0 Å². The average Bonchev–Trinajstić information content (AvgIpc) is 2.36. The molecule has 0 aromatic rings. The number of alkyl halides is 1. The van der Waals surface area contributed by atoms with E-state index >= 15 is 0 Å². The zero-order valence-electron chi connectivity index (χ0n) is 12.8. The fourth-order valence-corrected chi connectivity index (χ4v) is 2.61. The lowest BCUT2D eigenvalue weighted by atomic mass is 10.0. The molecule has 2 unspecified atom stereocenters. The van der Waals surface area contributed by atoms with Gasteiger partial charge < -0.3 is 0 Å². The molecule has 3 heteroatoms. The van der Waals surface area contributed by atoms with Crippen molar-refractivity contribution in [2.24, 2.45) is 0 Å². The van der Waals surface area contributed by atoms with Crippen LogP contribution in [0.25, 0.3) is 0 Å². The van der Waals surface area contributed by atoms with Crippen LogP contribution in [-0.2, 0) is 0 Å². The van der Waals surface area contributed by atoms with E-state index in [-0.39, 0.29) is 12.4 Å². The van der Waals surface area contributed by atoms with E-state index in [4.69, 9.17) is 11.6 Å². The van der Waals surface area contributed by atoms with Gasteiger partial charge in [-0.2, -0.15) is 0 Å². The fourth-order valence-electron chi connectivity index (χ4n) is 2.33. The number of rotatable bonds is 11.